The molecule has 0 aliphatic carbocycles. The highest BCUT2D eigenvalue weighted by Crippen LogP contribution is 2.37. The van der Waals surface area contributed by atoms with E-state index in [0.29, 0.717) is 49.4 Å². The number of rotatable bonds is 6. The van der Waals surface area contributed by atoms with Crippen molar-refractivity contribution in [3.05, 3.63) is 111 Å². The van der Waals surface area contributed by atoms with Crippen LogP contribution in [0.15, 0.2) is 89.2 Å². The second-order valence-electron chi connectivity index (χ2n) is 8.12. The summed E-state index contributed by atoms with van der Waals surface area (Å²) in [6, 6.07) is 19.9. The Balaban J connectivity index is 1.48. The summed E-state index contributed by atoms with van der Waals surface area (Å²) in [7, 11) is 0. The second-order valence-corrected chi connectivity index (χ2v) is 9.91. The summed E-state index contributed by atoms with van der Waals surface area (Å²) in [6.45, 7) is 1.81. The zero-order chi connectivity index (χ0) is 25.2. The van der Waals surface area contributed by atoms with Crippen molar-refractivity contribution in [2.75, 3.05) is 10.6 Å². The number of amides is 1. The Morgan fingerprint density at radius 3 is 2.53 bits per heavy atom. The van der Waals surface area contributed by atoms with Crippen LogP contribution < -0.4 is 10.6 Å². The largest absolute Gasteiger partial charge is 0.328 e. The third-order valence-corrected chi connectivity index (χ3v) is 7.19. The molecule has 1 aliphatic heterocycles. The molecular weight excluding hydrogens is 520 g/mol. The number of allylic oxidation sites excluding steroid dienone is 1. The molecule has 2 N–H and O–H groups in total. The number of hydrogen-bond acceptors (Lipinski definition) is 5. The summed E-state index contributed by atoms with van der Waals surface area (Å²) < 4.78 is 15.4. The minimum Gasteiger partial charge on any atom is -0.328 e. The maximum absolute atomic E-state index is 13.7. The number of benzene rings is 3. The van der Waals surface area contributed by atoms with Crippen LogP contribution in [0.2, 0.25) is 10.0 Å². The zero-order valence-corrected chi connectivity index (χ0v) is 21.3. The van der Waals surface area contributed by atoms with E-state index in [1.807, 2.05) is 31.2 Å². The number of carbonyl (C=O) groups excluding carboxylic acids is 1. The molecule has 0 saturated carbocycles. The molecule has 1 aliphatic rings. The van der Waals surface area contributed by atoms with Gasteiger partial charge in [-0.15, -0.1) is 5.10 Å². The summed E-state index contributed by atoms with van der Waals surface area (Å²) in [4.78, 5) is 18.1. The highest BCUT2D eigenvalue weighted by atomic mass is 35.5. The molecule has 2 heterocycles. The Kier molecular flexibility index (Phi) is 7.00. The zero-order valence-electron chi connectivity index (χ0n) is 19.0. The summed E-state index contributed by atoms with van der Waals surface area (Å²) in [5.41, 5.74) is 3.34. The smallest absolute Gasteiger partial charge is 0.255 e. The van der Waals surface area contributed by atoms with E-state index < -0.39 is 6.04 Å². The molecule has 10 heteroatoms. The van der Waals surface area contributed by atoms with Gasteiger partial charge in [0.2, 0.25) is 11.1 Å². The summed E-state index contributed by atoms with van der Waals surface area (Å²) in [6.07, 6.45) is 0. The van der Waals surface area contributed by atoms with Gasteiger partial charge in [-0.2, -0.15) is 4.98 Å². The van der Waals surface area contributed by atoms with Crippen molar-refractivity contribution in [1.82, 2.24) is 14.8 Å². The lowest BCUT2D eigenvalue weighted by Gasteiger charge is -2.28. The number of fused-ring (bicyclic) bond motifs is 1. The molecule has 5 rings (SSSR count). The van der Waals surface area contributed by atoms with Crippen molar-refractivity contribution < 1.29 is 9.18 Å². The van der Waals surface area contributed by atoms with Crippen LogP contribution in [0.1, 0.15) is 24.1 Å². The van der Waals surface area contributed by atoms with Gasteiger partial charge in [-0.05, 0) is 60.5 Å². The number of nitrogens with one attached hydrogen (secondary N) is 2. The van der Waals surface area contributed by atoms with Gasteiger partial charge in [0, 0.05) is 27.2 Å². The number of nitrogens with zero attached hydrogens (tertiary/aromatic N) is 3. The van der Waals surface area contributed by atoms with E-state index in [-0.39, 0.29) is 11.7 Å². The number of hydrogen-bond donors (Lipinski definition) is 2. The molecule has 0 saturated heterocycles. The average Bonchev–Trinajstić information content (AvgIpc) is 3.27. The topological polar surface area (TPSA) is 71.8 Å². The van der Waals surface area contributed by atoms with Crippen LogP contribution in [0.3, 0.4) is 0 Å². The summed E-state index contributed by atoms with van der Waals surface area (Å²) >= 11 is 13.7. The highest BCUT2D eigenvalue weighted by Gasteiger charge is 2.34. The number of halogens is 3. The molecule has 0 fully saturated rings. The van der Waals surface area contributed by atoms with Crippen LogP contribution in [-0.4, -0.2) is 20.7 Å². The number of anilines is 2. The average molecular weight is 540 g/mol. The van der Waals surface area contributed by atoms with Crippen LogP contribution in [-0.2, 0) is 10.5 Å². The number of carbonyl (C=O) groups is 1. The fourth-order valence-corrected chi connectivity index (χ4v) is 5.17. The van der Waals surface area contributed by atoms with Gasteiger partial charge in [-0.1, -0.05) is 65.3 Å². The standard InChI is InChI=1S/C26H20Cl2FN5OS/c1-15-22(24(35)31-20-12-8-18(27)9-13-20)23(16-6-10-19(29)11-7-16)34-25(30-15)32-26(33-34)36-14-17-4-2-3-5-21(17)28/h2-13,23H,14H2,1H3,(H,31,35)(H,30,32,33)/t23-/m0/s1. The first-order valence-electron chi connectivity index (χ1n) is 11.0. The molecule has 1 amide bonds. The summed E-state index contributed by atoms with van der Waals surface area (Å²) in [5.74, 6) is 0.394. The molecule has 182 valence electrons. The van der Waals surface area contributed by atoms with Gasteiger partial charge in [0.15, 0.2) is 0 Å². The maximum atomic E-state index is 13.7. The first-order valence-corrected chi connectivity index (χ1v) is 12.8. The molecule has 1 aromatic heterocycles. The Morgan fingerprint density at radius 2 is 1.81 bits per heavy atom. The minimum atomic E-state index is -0.615. The number of aromatic nitrogens is 3. The molecule has 0 radical (unpaired) electrons. The van der Waals surface area contributed by atoms with Crippen molar-refractivity contribution in [3.63, 3.8) is 0 Å². The minimum absolute atomic E-state index is 0.317. The molecule has 1 atom stereocenters. The Morgan fingerprint density at radius 1 is 1.08 bits per heavy atom. The SMILES string of the molecule is CC1=C(C(=O)Nc2ccc(Cl)cc2)[C@H](c2ccc(F)cc2)n2nc(SCc3ccccc3Cl)nc2N1. The third kappa shape index (κ3) is 5.11. The van der Waals surface area contributed by atoms with Gasteiger partial charge < -0.3 is 10.6 Å². The van der Waals surface area contributed by atoms with Crippen molar-refractivity contribution >= 4 is 52.5 Å². The predicted molar refractivity (Wildman–Crippen MR) is 142 cm³/mol. The lowest BCUT2D eigenvalue weighted by Crippen LogP contribution is -2.31. The lowest BCUT2D eigenvalue weighted by molar-refractivity contribution is -0.113. The Labute approximate surface area is 221 Å². The van der Waals surface area contributed by atoms with Crippen molar-refractivity contribution in [1.29, 1.82) is 0 Å². The fourth-order valence-electron chi connectivity index (χ4n) is 3.93. The molecule has 4 aromatic rings. The van der Waals surface area contributed by atoms with E-state index >= 15 is 0 Å². The van der Waals surface area contributed by atoms with Crippen molar-refractivity contribution in [2.24, 2.45) is 0 Å². The second kappa shape index (κ2) is 10.3. The van der Waals surface area contributed by atoms with Crippen LogP contribution in [0, 0.1) is 5.82 Å². The van der Waals surface area contributed by atoms with Crippen LogP contribution in [0.5, 0.6) is 0 Å². The third-order valence-electron chi connectivity index (χ3n) is 5.68. The first-order chi connectivity index (χ1) is 17.4. The summed E-state index contributed by atoms with van der Waals surface area (Å²) in [5, 5.41) is 12.6. The van der Waals surface area contributed by atoms with Gasteiger partial charge >= 0.3 is 0 Å². The van der Waals surface area contributed by atoms with Gasteiger partial charge in [-0.3, -0.25) is 4.79 Å². The van der Waals surface area contributed by atoms with E-state index in [1.165, 1.54) is 23.9 Å². The van der Waals surface area contributed by atoms with Crippen molar-refractivity contribution in [3.8, 4) is 0 Å². The van der Waals surface area contributed by atoms with Gasteiger partial charge in [-0.25, -0.2) is 9.07 Å². The molecule has 36 heavy (non-hydrogen) atoms. The van der Waals surface area contributed by atoms with E-state index in [2.05, 4.69) is 15.6 Å². The normalized spacial score (nSPS) is 14.8. The van der Waals surface area contributed by atoms with Crippen LogP contribution >= 0.6 is 35.0 Å². The number of thioether (sulfide) groups is 1. The highest BCUT2D eigenvalue weighted by molar-refractivity contribution is 7.98. The molecule has 6 nitrogen and oxygen atoms in total. The monoisotopic (exact) mass is 539 g/mol. The van der Waals surface area contributed by atoms with E-state index in [1.54, 1.807) is 41.1 Å². The van der Waals surface area contributed by atoms with Gasteiger partial charge in [0.1, 0.15) is 11.9 Å². The molecule has 0 unspecified atom stereocenters. The van der Waals surface area contributed by atoms with Crippen LogP contribution in [0.4, 0.5) is 16.0 Å². The van der Waals surface area contributed by atoms with Gasteiger partial charge in [0.05, 0.1) is 5.57 Å². The predicted octanol–water partition coefficient (Wildman–Crippen LogP) is 6.94. The first kappa shape index (κ1) is 24.4. The van der Waals surface area contributed by atoms with E-state index in [9.17, 15) is 9.18 Å². The molecule has 3 aromatic carbocycles. The van der Waals surface area contributed by atoms with Crippen molar-refractivity contribution in [2.45, 2.75) is 23.9 Å². The lowest BCUT2D eigenvalue weighted by atomic mass is 9.95. The van der Waals surface area contributed by atoms with E-state index in [0.717, 1.165) is 5.56 Å². The Bertz CT molecular complexity index is 1450. The van der Waals surface area contributed by atoms with Gasteiger partial charge in [0.25, 0.3) is 5.91 Å². The molecular formula is C26H20Cl2FN5OS. The molecule has 0 spiro atoms. The fraction of sp³-hybridized carbons (Fsp3) is 0.115. The van der Waals surface area contributed by atoms with E-state index in [4.69, 9.17) is 28.3 Å². The molecule has 0 bridgehead atoms. The maximum Gasteiger partial charge on any atom is 0.255 e. The van der Waals surface area contributed by atoms with Crippen LogP contribution in [0.25, 0.3) is 0 Å². The Hall–Kier alpha value is -3.33. The quantitative estimate of drug-likeness (QED) is 0.259.